The van der Waals surface area contributed by atoms with Crippen molar-refractivity contribution < 1.29 is 19.0 Å². The first-order valence-corrected chi connectivity index (χ1v) is 5.73. The van der Waals surface area contributed by atoms with E-state index in [1.54, 1.807) is 39.5 Å². The molecule has 5 heteroatoms. The van der Waals surface area contributed by atoms with E-state index in [0.717, 1.165) is 5.39 Å². The SMILES string of the molecule is COc1cc(OC)c2nc(C(C)=O)ccc2c1OC. The van der Waals surface area contributed by atoms with Gasteiger partial charge in [-0.1, -0.05) is 0 Å². The van der Waals surface area contributed by atoms with Crippen LogP contribution in [0.1, 0.15) is 17.4 Å². The molecule has 0 fully saturated rings. The maximum Gasteiger partial charge on any atom is 0.178 e. The van der Waals surface area contributed by atoms with Crippen molar-refractivity contribution in [3.63, 3.8) is 0 Å². The molecule has 0 aliphatic rings. The maximum absolute atomic E-state index is 11.4. The number of Topliss-reactive ketones (excluding diaryl/α,β-unsaturated/α-hetero) is 1. The summed E-state index contributed by atoms with van der Waals surface area (Å²) < 4.78 is 15.9. The van der Waals surface area contributed by atoms with Crippen LogP contribution in [0.25, 0.3) is 10.9 Å². The molecule has 1 aromatic carbocycles. The monoisotopic (exact) mass is 261 g/mol. The molecule has 100 valence electrons. The number of fused-ring (bicyclic) bond motifs is 1. The average Bonchev–Trinajstić information content (AvgIpc) is 2.44. The molecule has 19 heavy (non-hydrogen) atoms. The molecule has 0 spiro atoms. The number of carbonyl (C=O) groups excluding carboxylic acids is 1. The topological polar surface area (TPSA) is 57.7 Å². The molecule has 1 aromatic heterocycles. The third-order valence-electron chi connectivity index (χ3n) is 2.86. The summed E-state index contributed by atoms with van der Waals surface area (Å²) in [6.07, 6.45) is 0. The van der Waals surface area contributed by atoms with Crippen molar-refractivity contribution in [3.05, 3.63) is 23.9 Å². The largest absolute Gasteiger partial charge is 0.494 e. The van der Waals surface area contributed by atoms with Crippen molar-refractivity contribution >= 4 is 16.7 Å². The van der Waals surface area contributed by atoms with Crippen molar-refractivity contribution in [2.75, 3.05) is 21.3 Å². The molecule has 0 unspecified atom stereocenters. The summed E-state index contributed by atoms with van der Waals surface area (Å²) in [6, 6.07) is 5.13. The lowest BCUT2D eigenvalue weighted by molar-refractivity contribution is 0.101. The first-order valence-electron chi connectivity index (χ1n) is 5.73. The Morgan fingerprint density at radius 3 is 2.26 bits per heavy atom. The van der Waals surface area contributed by atoms with Crippen LogP contribution >= 0.6 is 0 Å². The van der Waals surface area contributed by atoms with Crippen LogP contribution in [0.3, 0.4) is 0 Å². The highest BCUT2D eigenvalue weighted by molar-refractivity contribution is 5.98. The Morgan fingerprint density at radius 1 is 1.05 bits per heavy atom. The minimum atomic E-state index is -0.0984. The zero-order chi connectivity index (χ0) is 14.0. The van der Waals surface area contributed by atoms with Crippen molar-refractivity contribution in [2.45, 2.75) is 6.92 Å². The summed E-state index contributed by atoms with van der Waals surface area (Å²) >= 11 is 0. The number of aromatic nitrogens is 1. The van der Waals surface area contributed by atoms with Crippen LogP contribution in [0.2, 0.25) is 0 Å². The number of ketones is 1. The zero-order valence-corrected chi connectivity index (χ0v) is 11.3. The second-order valence-corrected chi connectivity index (χ2v) is 3.96. The Bertz CT molecular complexity index is 637. The third-order valence-corrected chi connectivity index (χ3v) is 2.86. The molecule has 0 aliphatic carbocycles. The van der Waals surface area contributed by atoms with Gasteiger partial charge in [0.1, 0.15) is 17.0 Å². The number of hydrogen-bond donors (Lipinski definition) is 0. The van der Waals surface area contributed by atoms with Gasteiger partial charge in [-0.05, 0) is 12.1 Å². The molecule has 2 rings (SSSR count). The molecular formula is C14H15NO4. The zero-order valence-electron chi connectivity index (χ0n) is 11.3. The molecule has 0 aliphatic heterocycles. The number of ether oxygens (including phenoxy) is 3. The van der Waals surface area contributed by atoms with Gasteiger partial charge >= 0.3 is 0 Å². The van der Waals surface area contributed by atoms with Crippen LogP contribution < -0.4 is 14.2 Å². The van der Waals surface area contributed by atoms with E-state index >= 15 is 0 Å². The van der Waals surface area contributed by atoms with Crippen molar-refractivity contribution in [1.29, 1.82) is 0 Å². The van der Waals surface area contributed by atoms with Gasteiger partial charge in [-0.2, -0.15) is 0 Å². The molecule has 0 amide bonds. The Labute approximate surface area is 111 Å². The van der Waals surface area contributed by atoms with Crippen molar-refractivity contribution in [2.24, 2.45) is 0 Å². The van der Waals surface area contributed by atoms with Gasteiger partial charge in [-0.3, -0.25) is 4.79 Å². The fraction of sp³-hybridized carbons (Fsp3) is 0.286. The van der Waals surface area contributed by atoms with E-state index in [1.807, 2.05) is 0 Å². The first kappa shape index (κ1) is 13.1. The highest BCUT2D eigenvalue weighted by Gasteiger charge is 2.16. The lowest BCUT2D eigenvalue weighted by Gasteiger charge is -2.13. The van der Waals surface area contributed by atoms with Crippen LogP contribution in [-0.2, 0) is 0 Å². The van der Waals surface area contributed by atoms with Crippen molar-refractivity contribution in [1.82, 2.24) is 4.98 Å². The van der Waals surface area contributed by atoms with Gasteiger partial charge in [0.2, 0.25) is 0 Å². The van der Waals surface area contributed by atoms with E-state index in [-0.39, 0.29) is 5.78 Å². The molecule has 0 saturated heterocycles. The van der Waals surface area contributed by atoms with E-state index in [4.69, 9.17) is 14.2 Å². The van der Waals surface area contributed by atoms with Gasteiger partial charge in [0, 0.05) is 13.0 Å². The third kappa shape index (κ3) is 2.19. The summed E-state index contributed by atoms with van der Waals surface area (Å²) in [5.74, 6) is 1.57. The number of nitrogens with zero attached hydrogens (tertiary/aromatic N) is 1. The fourth-order valence-corrected chi connectivity index (χ4v) is 1.93. The van der Waals surface area contributed by atoms with E-state index < -0.39 is 0 Å². The van der Waals surface area contributed by atoms with Crippen LogP contribution in [0.5, 0.6) is 17.2 Å². The number of benzene rings is 1. The average molecular weight is 261 g/mol. The van der Waals surface area contributed by atoms with Crippen LogP contribution in [0.4, 0.5) is 0 Å². The van der Waals surface area contributed by atoms with Crippen LogP contribution in [0.15, 0.2) is 18.2 Å². The number of pyridine rings is 1. The van der Waals surface area contributed by atoms with Gasteiger partial charge in [0.15, 0.2) is 17.3 Å². The molecular weight excluding hydrogens is 246 g/mol. The summed E-state index contributed by atoms with van der Waals surface area (Å²) in [5, 5.41) is 0.740. The lowest BCUT2D eigenvalue weighted by atomic mass is 10.1. The van der Waals surface area contributed by atoms with Crippen LogP contribution in [0, 0.1) is 0 Å². The number of methoxy groups -OCH3 is 3. The first-order chi connectivity index (χ1) is 9.12. The molecule has 2 aromatic rings. The van der Waals surface area contributed by atoms with Crippen molar-refractivity contribution in [3.8, 4) is 17.2 Å². The van der Waals surface area contributed by atoms with Gasteiger partial charge in [0.05, 0.1) is 26.7 Å². The summed E-state index contributed by atoms with van der Waals surface area (Å²) in [4.78, 5) is 15.7. The second-order valence-electron chi connectivity index (χ2n) is 3.96. The van der Waals surface area contributed by atoms with E-state index in [9.17, 15) is 4.79 Å². The fourth-order valence-electron chi connectivity index (χ4n) is 1.93. The highest BCUT2D eigenvalue weighted by Crippen LogP contribution is 2.40. The number of carbonyl (C=O) groups is 1. The second kappa shape index (κ2) is 5.14. The minimum Gasteiger partial charge on any atom is -0.494 e. The minimum absolute atomic E-state index is 0.0984. The molecule has 0 N–H and O–H groups in total. The van der Waals surface area contributed by atoms with Gasteiger partial charge in [-0.15, -0.1) is 0 Å². The molecule has 0 bridgehead atoms. The Morgan fingerprint density at radius 2 is 1.74 bits per heavy atom. The molecule has 0 radical (unpaired) electrons. The molecule has 1 heterocycles. The number of rotatable bonds is 4. The smallest absolute Gasteiger partial charge is 0.178 e. The van der Waals surface area contributed by atoms with Gasteiger partial charge in [-0.25, -0.2) is 4.98 Å². The standard InChI is InChI=1S/C14H15NO4/c1-8(16)10-6-5-9-13(15-10)11(17-2)7-12(18-3)14(9)19-4/h5-7H,1-4H3. The maximum atomic E-state index is 11.4. The Hall–Kier alpha value is -2.30. The summed E-state index contributed by atoms with van der Waals surface area (Å²) in [5.41, 5.74) is 0.964. The van der Waals surface area contributed by atoms with Gasteiger partial charge in [0.25, 0.3) is 0 Å². The predicted molar refractivity (Wildman–Crippen MR) is 71.4 cm³/mol. The van der Waals surface area contributed by atoms with E-state index in [2.05, 4.69) is 4.98 Å². The predicted octanol–water partition coefficient (Wildman–Crippen LogP) is 2.46. The van der Waals surface area contributed by atoms with E-state index in [1.165, 1.54) is 6.92 Å². The van der Waals surface area contributed by atoms with E-state index in [0.29, 0.717) is 28.5 Å². The molecule has 5 nitrogen and oxygen atoms in total. The van der Waals surface area contributed by atoms with Gasteiger partial charge < -0.3 is 14.2 Å². The normalized spacial score (nSPS) is 10.3. The Kier molecular flexibility index (Phi) is 3.55. The highest BCUT2D eigenvalue weighted by atomic mass is 16.5. The molecule has 0 saturated carbocycles. The number of hydrogen-bond acceptors (Lipinski definition) is 5. The Balaban J connectivity index is 2.83. The van der Waals surface area contributed by atoms with Crippen LogP contribution in [-0.4, -0.2) is 32.1 Å². The quantitative estimate of drug-likeness (QED) is 0.791. The lowest BCUT2D eigenvalue weighted by Crippen LogP contribution is -2.00. The summed E-state index contributed by atoms with van der Waals surface area (Å²) in [6.45, 7) is 1.47. The molecule has 0 atom stereocenters. The summed E-state index contributed by atoms with van der Waals surface area (Å²) in [7, 11) is 4.66.